The molecule has 0 aromatic rings. The minimum absolute atomic E-state index is 0.215. The Hall–Kier alpha value is -1.24. The van der Waals surface area contributed by atoms with Crippen LogP contribution in [0.4, 0.5) is 0 Å². The van der Waals surface area contributed by atoms with Gasteiger partial charge in [0.05, 0.1) is 0 Å². The van der Waals surface area contributed by atoms with Gasteiger partial charge in [0.15, 0.2) is 0 Å². The molecule has 4 heteroatoms. The molecule has 0 aromatic heterocycles. The first-order chi connectivity index (χ1) is 5.65. The molecule has 4 nitrogen and oxygen atoms in total. The van der Waals surface area contributed by atoms with Crippen molar-refractivity contribution in [3.8, 4) is 6.07 Å². The molecule has 0 aromatic carbocycles. The molecule has 12 heavy (non-hydrogen) atoms. The summed E-state index contributed by atoms with van der Waals surface area (Å²) in [6, 6.07) is 2.20. The molecule has 0 saturated carbocycles. The van der Waals surface area contributed by atoms with Crippen molar-refractivity contribution in [1.29, 1.82) is 5.26 Å². The Balaban J connectivity index is 2.56. The Bertz CT molecular complexity index is 216. The number of hydrogen-bond acceptors (Lipinski definition) is 4. The number of hydrazone groups is 1. The van der Waals surface area contributed by atoms with Gasteiger partial charge in [0.1, 0.15) is 12.4 Å². The second-order valence-electron chi connectivity index (χ2n) is 3.40. The Morgan fingerprint density at radius 2 is 2.33 bits per heavy atom. The maximum absolute atomic E-state index is 8.81. The Morgan fingerprint density at radius 1 is 1.67 bits per heavy atom. The van der Waals surface area contributed by atoms with E-state index in [9.17, 15) is 0 Å². The van der Waals surface area contributed by atoms with Gasteiger partial charge in [-0.1, -0.05) is 13.8 Å². The van der Waals surface area contributed by atoms with Crippen LogP contribution in [-0.2, 0) is 0 Å². The lowest BCUT2D eigenvalue weighted by molar-refractivity contribution is 0.200. The number of nitriles is 1. The Labute approximate surface area is 73.1 Å². The van der Waals surface area contributed by atoms with Crippen LogP contribution in [0.15, 0.2) is 5.10 Å². The van der Waals surface area contributed by atoms with Gasteiger partial charge in [0.2, 0.25) is 6.17 Å². The van der Waals surface area contributed by atoms with E-state index in [0.29, 0.717) is 5.92 Å². The van der Waals surface area contributed by atoms with Crippen molar-refractivity contribution in [2.24, 2.45) is 11.0 Å². The van der Waals surface area contributed by atoms with Gasteiger partial charge >= 0.3 is 0 Å². The standard InChI is InChI=1S/C8H14N4/c1-7(2)5-12-6-10-11(3)8(12)4-9/h6-8H,5H2,1-3H3. The van der Waals surface area contributed by atoms with E-state index in [2.05, 4.69) is 25.0 Å². The molecule has 0 N–H and O–H groups in total. The SMILES string of the molecule is CC(C)CN1C=NN(C)C1C#N. The highest BCUT2D eigenvalue weighted by Crippen LogP contribution is 2.10. The fourth-order valence-corrected chi connectivity index (χ4v) is 1.22. The second kappa shape index (κ2) is 3.44. The van der Waals surface area contributed by atoms with Crippen molar-refractivity contribution in [3.05, 3.63) is 0 Å². The molecule has 1 heterocycles. The van der Waals surface area contributed by atoms with E-state index >= 15 is 0 Å². The average molecular weight is 166 g/mol. The zero-order valence-corrected chi connectivity index (χ0v) is 7.73. The molecule has 0 spiro atoms. The summed E-state index contributed by atoms with van der Waals surface area (Å²) < 4.78 is 0. The third-order valence-electron chi connectivity index (χ3n) is 1.74. The summed E-state index contributed by atoms with van der Waals surface area (Å²) in [4.78, 5) is 1.95. The normalized spacial score (nSPS) is 22.1. The second-order valence-corrected chi connectivity index (χ2v) is 3.40. The zero-order chi connectivity index (χ0) is 9.14. The van der Waals surface area contributed by atoms with Crippen molar-refractivity contribution < 1.29 is 0 Å². The molecule has 0 aliphatic carbocycles. The smallest absolute Gasteiger partial charge is 0.207 e. The molecule has 66 valence electrons. The van der Waals surface area contributed by atoms with Crippen molar-refractivity contribution in [3.63, 3.8) is 0 Å². The maximum Gasteiger partial charge on any atom is 0.207 e. The quantitative estimate of drug-likeness (QED) is 0.606. The minimum atomic E-state index is -0.215. The molecule has 1 atom stereocenters. The van der Waals surface area contributed by atoms with Gasteiger partial charge in [0.25, 0.3) is 0 Å². The molecule has 1 aliphatic rings. The van der Waals surface area contributed by atoms with Crippen LogP contribution >= 0.6 is 0 Å². The predicted octanol–water partition coefficient (Wildman–Crippen LogP) is 0.683. The summed E-state index contributed by atoms with van der Waals surface area (Å²) in [6.45, 7) is 5.13. The molecule has 0 bridgehead atoms. The highest BCUT2D eigenvalue weighted by atomic mass is 15.6. The van der Waals surface area contributed by atoms with Crippen molar-refractivity contribution >= 4 is 6.34 Å². The van der Waals surface area contributed by atoms with Gasteiger partial charge in [-0.2, -0.15) is 10.4 Å². The van der Waals surface area contributed by atoms with Gasteiger partial charge < -0.3 is 4.90 Å². The number of nitrogens with zero attached hydrogens (tertiary/aromatic N) is 4. The fourth-order valence-electron chi connectivity index (χ4n) is 1.22. The lowest BCUT2D eigenvalue weighted by atomic mass is 10.2. The Morgan fingerprint density at radius 3 is 2.83 bits per heavy atom. The first kappa shape index (κ1) is 8.85. The maximum atomic E-state index is 8.81. The van der Waals surface area contributed by atoms with Crippen molar-refractivity contribution in [2.75, 3.05) is 13.6 Å². The molecular formula is C8H14N4. The van der Waals surface area contributed by atoms with Crippen LogP contribution in [0.2, 0.25) is 0 Å². The van der Waals surface area contributed by atoms with E-state index in [1.807, 2.05) is 11.9 Å². The summed E-state index contributed by atoms with van der Waals surface area (Å²) in [6.07, 6.45) is 1.51. The van der Waals surface area contributed by atoms with E-state index in [0.717, 1.165) is 6.54 Å². The first-order valence-electron chi connectivity index (χ1n) is 4.07. The number of hydrogen-bond donors (Lipinski definition) is 0. The molecule has 0 fully saturated rings. The van der Waals surface area contributed by atoms with Crippen LogP contribution in [0.3, 0.4) is 0 Å². The molecule has 1 rings (SSSR count). The van der Waals surface area contributed by atoms with E-state index in [1.54, 1.807) is 11.3 Å². The summed E-state index contributed by atoms with van der Waals surface area (Å²) >= 11 is 0. The molecular weight excluding hydrogens is 152 g/mol. The van der Waals surface area contributed by atoms with Gasteiger partial charge in [-0.15, -0.1) is 0 Å². The lowest BCUT2D eigenvalue weighted by Crippen LogP contribution is -2.38. The molecule has 0 saturated heterocycles. The summed E-state index contributed by atoms with van der Waals surface area (Å²) in [5.74, 6) is 0.554. The van der Waals surface area contributed by atoms with E-state index in [4.69, 9.17) is 5.26 Å². The highest BCUT2D eigenvalue weighted by Gasteiger charge is 2.24. The van der Waals surface area contributed by atoms with Gasteiger partial charge in [-0.3, -0.25) is 5.01 Å². The van der Waals surface area contributed by atoms with Crippen molar-refractivity contribution in [2.45, 2.75) is 20.0 Å². The van der Waals surface area contributed by atoms with Crippen LogP contribution in [-0.4, -0.2) is 36.0 Å². The summed E-state index contributed by atoms with van der Waals surface area (Å²) in [7, 11) is 1.81. The first-order valence-corrected chi connectivity index (χ1v) is 4.07. The van der Waals surface area contributed by atoms with E-state index in [-0.39, 0.29) is 6.17 Å². The third-order valence-corrected chi connectivity index (χ3v) is 1.74. The monoisotopic (exact) mass is 166 g/mol. The highest BCUT2D eigenvalue weighted by molar-refractivity contribution is 5.57. The van der Waals surface area contributed by atoms with Crippen LogP contribution < -0.4 is 0 Å². The average Bonchev–Trinajstić information content (AvgIpc) is 2.30. The van der Waals surface area contributed by atoms with Crippen LogP contribution in [0.5, 0.6) is 0 Å². The zero-order valence-electron chi connectivity index (χ0n) is 7.73. The van der Waals surface area contributed by atoms with E-state index in [1.165, 1.54) is 0 Å². The van der Waals surface area contributed by atoms with Crippen molar-refractivity contribution in [1.82, 2.24) is 9.91 Å². The molecule has 1 unspecified atom stereocenters. The third kappa shape index (κ3) is 1.67. The van der Waals surface area contributed by atoms with Crippen LogP contribution in [0.25, 0.3) is 0 Å². The molecule has 0 amide bonds. The predicted molar refractivity (Wildman–Crippen MR) is 47.2 cm³/mol. The van der Waals surface area contributed by atoms with Crippen LogP contribution in [0.1, 0.15) is 13.8 Å². The summed E-state index contributed by atoms with van der Waals surface area (Å²) in [5, 5.41) is 14.5. The largest absolute Gasteiger partial charge is 0.327 e. The van der Waals surface area contributed by atoms with Gasteiger partial charge in [-0.05, 0) is 5.92 Å². The van der Waals surface area contributed by atoms with Gasteiger partial charge in [0, 0.05) is 13.6 Å². The topological polar surface area (TPSA) is 42.6 Å². The van der Waals surface area contributed by atoms with E-state index < -0.39 is 0 Å². The molecule has 0 radical (unpaired) electrons. The Kier molecular flexibility index (Phi) is 2.54. The molecule has 1 aliphatic heterocycles. The fraction of sp³-hybridized carbons (Fsp3) is 0.750. The number of rotatable bonds is 2. The van der Waals surface area contributed by atoms with Crippen LogP contribution in [0, 0.1) is 17.2 Å². The van der Waals surface area contributed by atoms with Gasteiger partial charge in [-0.25, -0.2) is 0 Å². The summed E-state index contributed by atoms with van der Waals surface area (Å²) in [5.41, 5.74) is 0. The lowest BCUT2D eigenvalue weighted by Gasteiger charge is -2.23. The minimum Gasteiger partial charge on any atom is -0.327 e.